The third-order valence-corrected chi connectivity index (χ3v) is 4.26. The minimum absolute atomic E-state index is 0.192. The van der Waals surface area contributed by atoms with Crippen molar-refractivity contribution in [3.63, 3.8) is 0 Å². The molecule has 2 aromatic carbocycles. The SMILES string of the molecule is OCC1C[C@@H](OCc2ccccc2)CN1Cc1ccccc1. The molecule has 0 spiro atoms. The molecule has 2 aromatic rings. The number of hydrogen-bond acceptors (Lipinski definition) is 3. The minimum Gasteiger partial charge on any atom is -0.395 e. The third kappa shape index (κ3) is 3.95. The largest absolute Gasteiger partial charge is 0.395 e. The molecule has 0 amide bonds. The predicted molar refractivity (Wildman–Crippen MR) is 87.4 cm³/mol. The second-order valence-corrected chi connectivity index (χ2v) is 5.91. The zero-order valence-electron chi connectivity index (χ0n) is 12.8. The molecule has 1 N–H and O–H groups in total. The first-order valence-corrected chi connectivity index (χ1v) is 7.89. The van der Waals surface area contributed by atoms with Gasteiger partial charge in [0.2, 0.25) is 0 Å². The van der Waals surface area contributed by atoms with Gasteiger partial charge in [0, 0.05) is 19.1 Å². The highest BCUT2D eigenvalue weighted by atomic mass is 16.5. The van der Waals surface area contributed by atoms with Crippen LogP contribution in [0.2, 0.25) is 0 Å². The lowest BCUT2D eigenvalue weighted by molar-refractivity contribution is 0.0461. The maximum atomic E-state index is 9.62. The number of rotatable bonds is 6. The summed E-state index contributed by atoms with van der Waals surface area (Å²) in [6.07, 6.45) is 1.09. The van der Waals surface area contributed by atoms with E-state index in [1.54, 1.807) is 0 Å². The predicted octanol–water partition coefficient (Wildman–Crippen LogP) is 2.84. The van der Waals surface area contributed by atoms with Gasteiger partial charge < -0.3 is 9.84 Å². The Hall–Kier alpha value is -1.68. The van der Waals surface area contributed by atoms with Gasteiger partial charge in [0.15, 0.2) is 0 Å². The molecule has 0 aromatic heterocycles. The van der Waals surface area contributed by atoms with Crippen molar-refractivity contribution in [3.05, 3.63) is 71.8 Å². The summed E-state index contributed by atoms with van der Waals surface area (Å²) in [5.74, 6) is 0. The van der Waals surface area contributed by atoms with Crippen LogP contribution in [0.3, 0.4) is 0 Å². The van der Waals surface area contributed by atoms with E-state index in [2.05, 4.69) is 41.3 Å². The van der Waals surface area contributed by atoms with Crippen LogP contribution in [-0.2, 0) is 17.9 Å². The van der Waals surface area contributed by atoms with E-state index in [4.69, 9.17) is 4.74 Å². The van der Waals surface area contributed by atoms with Gasteiger partial charge in [-0.25, -0.2) is 0 Å². The molecule has 22 heavy (non-hydrogen) atoms. The van der Waals surface area contributed by atoms with Gasteiger partial charge in [-0.1, -0.05) is 60.7 Å². The summed E-state index contributed by atoms with van der Waals surface area (Å²) in [5, 5.41) is 9.62. The Balaban J connectivity index is 1.55. The van der Waals surface area contributed by atoms with Crippen molar-refractivity contribution in [2.24, 2.45) is 0 Å². The second kappa shape index (κ2) is 7.54. The minimum atomic E-state index is 0.192. The summed E-state index contributed by atoms with van der Waals surface area (Å²) in [4.78, 5) is 2.32. The molecule has 1 heterocycles. The van der Waals surface area contributed by atoms with Gasteiger partial charge in [-0.3, -0.25) is 4.90 Å². The zero-order chi connectivity index (χ0) is 15.2. The van der Waals surface area contributed by atoms with E-state index < -0.39 is 0 Å². The van der Waals surface area contributed by atoms with Crippen molar-refractivity contribution >= 4 is 0 Å². The van der Waals surface area contributed by atoms with Crippen LogP contribution in [0.4, 0.5) is 0 Å². The van der Waals surface area contributed by atoms with Crippen LogP contribution in [0.25, 0.3) is 0 Å². The van der Waals surface area contributed by atoms with Crippen molar-refractivity contribution in [1.82, 2.24) is 4.90 Å². The van der Waals surface area contributed by atoms with Crippen LogP contribution < -0.4 is 0 Å². The fourth-order valence-electron chi connectivity index (χ4n) is 3.05. The average Bonchev–Trinajstić information content (AvgIpc) is 2.97. The molecule has 0 radical (unpaired) electrons. The van der Waals surface area contributed by atoms with Crippen molar-refractivity contribution < 1.29 is 9.84 Å². The number of likely N-dealkylation sites (tertiary alicyclic amines) is 1. The van der Waals surface area contributed by atoms with Crippen molar-refractivity contribution in [2.45, 2.75) is 31.7 Å². The topological polar surface area (TPSA) is 32.7 Å². The van der Waals surface area contributed by atoms with Crippen LogP contribution in [0.1, 0.15) is 17.5 Å². The molecule has 3 heteroatoms. The molecule has 1 unspecified atom stereocenters. The van der Waals surface area contributed by atoms with Crippen molar-refractivity contribution in [2.75, 3.05) is 13.2 Å². The monoisotopic (exact) mass is 297 g/mol. The number of hydrogen-bond donors (Lipinski definition) is 1. The molecular formula is C19H23NO2. The number of benzene rings is 2. The van der Waals surface area contributed by atoms with Crippen molar-refractivity contribution in [1.29, 1.82) is 0 Å². The van der Waals surface area contributed by atoms with Crippen molar-refractivity contribution in [3.8, 4) is 0 Å². The Kier molecular flexibility index (Phi) is 5.22. The lowest BCUT2D eigenvalue weighted by Gasteiger charge is -2.22. The molecule has 1 fully saturated rings. The quantitative estimate of drug-likeness (QED) is 0.890. The Morgan fingerprint density at radius 1 is 0.955 bits per heavy atom. The molecular weight excluding hydrogens is 274 g/mol. The molecule has 116 valence electrons. The van der Waals surface area contributed by atoms with Crippen LogP contribution in [0.5, 0.6) is 0 Å². The second-order valence-electron chi connectivity index (χ2n) is 5.91. The van der Waals surface area contributed by atoms with Crippen LogP contribution in [0.15, 0.2) is 60.7 Å². The van der Waals surface area contributed by atoms with Gasteiger partial charge in [-0.15, -0.1) is 0 Å². The molecule has 0 saturated carbocycles. The van der Waals surface area contributed by atoms with E-state index in [1.165, 1.54) is 11.1 Å². The smallest absolute Gasteiger partial charge is 0.0722 e. The van der Waals surface area contributed by atoms with E-state index in [0.717, 1.165) is 19.5 Å². The molecule has 0 bridgehead atoms. The van der Waals surface area contributed by atoms with Crippen LogP contribution >= 0.6 is 0 Å². The Morgan fingerprint density at radius 2 is 1.59 bits per heavy atom. The first-order valence-electron chi connectivity index (χ1n) is 7.89. The molecule has 3 nitrogen and oxygen atoms in total. The van der Waals surface area contributed by atoms with E-state index in [0.29, 0.717) is 6.61 Å². The van der Waals surface area contributed by atoms with E-state index in [1.807, 2.05) is 24.3 Å². The Labute approximate surface area is 132 Å². The first-order chi connectivity index (χ1) is 10.8. The average molecular weight is 297 g/mol. The molecule has 0 aliphatic carbocycles. The zero-order valence-corrected chi connectivity index (χ0v) is 12.8. The van der Waals surface area contributed by atoms with E-state index >= 15 is 0 Å². The lowest BCUT2D eigenvalue weighted by Crippen LogP contribution is -2.31. The summed E-state index contributed by atoms with van der Waals surface area (Å²) in [6, 6.07) is 20.9. The fraction of sp³-hybridized carbons (Fsp3) is 0.368. The fourth-order valence-corrected chi connectivity index (χ4v) is 3.05. The van der Waals surface area contributed by atoms with E-state index in [-0.39, 0.29) is 18.8 Å². The third-order valence-electron chi connectivity index (χ3n) is 4.26. The Morgan fingerprint density at radius 3 is 2.23 bits per heavy atom. The highest BCUT2D eigenvalue weighted by molar-refractivity contribution is 5.15. The standard InChI is InChI=1S/C19H23NO2/c21-14-18-11-19(22-15-17-9-5-2-6-10-17)13-20(18)12-16-7-3-1-4-8-16/h1-10,18-19,21H,11-15H2/t18?,19-/m1/s1. The molecule has 3 rings (SSSR count). The summed E-state index contributed by atoms with van der Waals surface area (Å²) in [6.45, 7) is 2.59. The van der Waals surface area contributed by atoms with Gasteiger partial charge in [0.1, 0.15) is 0 Å². The van der Waals surface area contributed by atoms with Crippen LogP contribution in [-0.4, -0.2) is 35.3 Å². The molecule has 1 aliphatic heterocycles. The molecule has 1 saturated heterocycles. The Bertz CT molecular complexity index is 558. The lowest BCUT2D eigenvalue weighted by atomic mass is 10.2. The maximum absolute atomic E-state index is 9.62. The van der Waals surface area contributed by atoms with Crippen LogP contribution in [0, 0.1) is 0 Å². The summed E-state index contributed by atoms with van der Waals surface area (Å²) in [7, 11) is 0. The van der Waals surface area contributed by atoms with Gasteiger partial charge in [-0.2, -0.15) is 0 Å². The maximum Gasteiger partial charge on any atom is 0.0722 e. The normalized spacial score (nSPS) is 22.0. The van der Waals surface area contributed by atoms with Gasteiger partial charge in [0.25, 0.3) is 0 Å². The van der Waals surface area contributed by atoms with E-state index in [9.17, 15) is 5.11 Å². The first kappa shape index (κ1) is 15.2. The molecule has 1 aliphatic rings. The number of aliphatic hydroxyl groups is 1. The molecule has 2 atom stereocenters. The van der Waals surface area contributed by atoms with Gasteiger partial charge >= 0.3 is 0 Å². The van der Waals surface area contributed by atoms with Gasteiger partial charge in [0.05, 0.1) is 19.3 Å². The van der Waals surface area contributed by atoms with Gasteiger partial charge in [-0.05, 0) is 17.5 Å². The summed E-state index contributed by atoms with van der Waals surface area (Å²) in [5.41, 5.74) is 2.48. The number of aliphatic hydroxyl groups excluding tert-OH is 1. The summed E-state index contributed by atoms with van der Waals surface area (Å²) < 4.78 is 6.04. The highest BCUT2D eigenvalue weighted by Crippen LogP contribution is 2.23. The number of ether oxygens (including phenoxy) is 1. The summed E-state index contributed by atoms with van der Waals surface area (Å²) >= 11 is 0. The number of nitrogens with zero attached hydrogens (tertiary/aromatic N) is 1. The highest BCUT2D eigenvalue weighted by Gasteiger charge is 2.32.